The van der Waals surface area contributed by atoms with Crippen molar-refractivity contribution in [2.24, 2.45) is 5.92 Å². The number of aromatic nitrogens is 2. The standard InChI is InChI=1S/C22H24BrN3O2S2/c23-18-5-3-4-17(12-18)15-29-22-24-20-13-19(30(27,28)25-10-1-2-11-25)8-9-21(20)26(22)14-16-6-7-16/h3-5,8-9,12-13,16H,1-2,6-7,10-11,14-15H2. The third kappa shape index (κ3) is 4.20. The number of hydrogen-bond donors (Lipinski definition) is 0. The highest BCUT2D eigenvalue weighted by molar-refractivity contribution is 9.10. The smallest absolute Gasteiger partial charge is 0.243 e. The first kappa shape index (κ1) is 20.5. The molecular weight excluding hydrogens is 482 g/mol. The van der Waals surface area contributed by atoms with Crippen LogP contribution in [0, 0.1) is 5.92 Å². The number of benzene rings is 2. The summed E-state index contributed by atoms with van der Waals surface area (Å²) in [6.07, 6.45) is 4.40. The lowest BCUT2D eigenvalue weighted by Gasteiger charge is -2.15. The van der Waals surface area contributed by atoms with Gasteiger partial charge in [0.2, 0.25) is 10.0 Å². The molecule has 8 heteroatoms. The zero-order chi connectivity index (χ0) is 20.7. The zero-order valence-electron chi connectivity index (χ0n) is 16.6. The normalized spacial score (nSPS) is 17.8. The Kier molecular flexibility index (Phi) is 5.68. The number of imidazole rings is 1. The number of thioether (sulfide) groups is 1. The Hall–Kier alpha value is -1.35. The Balaban J connectivity index is 1.48. The first-order valence-electron chi connectivity index (χ1n) is 10.4. The molecule has 0 amide bonds. The molecule has 2 aliphatic rings. The summed E-state index contributed by atoms with van der Waals surface area (Å²) in [5, 5.41) is 0.965. The Morgan fingerprint density at radius 1 is 1.10 bits per heavy atom. The maximum absolute atomic E-state index is 13.0. The van der Waals surface area contributed by atoms with Crippen LogP contribution in [0.4, 0.5) is 0 Å². The predicted octanol–water partition coefficient (Wildman–Crippen LogP) is 5.29. The summed E-state index contributed by atoms with van der Waals surface area (Å²) < 4.78 is 30.9. The zero-order valence-corrected chi connectivity index (χ0v) is 19.8. The summed E-state index contributed by atoms with van der Waals surface area (Å²) in [7, 11) is -3.43. The maximum atomic E-state index is 13.0. The highest BCUT2D eigenvalue weighted by atomic mass is 79.9. The van der Waals surface area contributed by atoms with Gasteiger partial charge in [0.15, 0.2) is 5.16 Å². The summed E-state index contributed by atoms with van der Waals surface area (Å²) in [5.41, 5.74) is 3.03. The van der Waals surface area contributed by atoms with Crippen LogP contribution in [0.1, 0.15) is 31.2 Å². The van der Waals surface area contributed by atoms with Crippen LogP contribution in [-0.2, 0) is 22.3 Å². The molecule has 0 radical (unpaired) electrons. The van der Waals surface area contributed by atoms with Gasteiger partial charge in [-0.1, -0.05) is 39.8 Å². The average Bonchev–Trinajstić information content (AvgIpc) is 3.24. The number of rotatable bonds is 7. The topological polar surface area (TPSA) is 55.2 Å². The van der Waals surface area contributed by atoms with Gasteiger partial charge in [0.25, 0.3) is 0 Å². The van der Waals surface area contributed by atoms with Gasteiger partial charge in [-0.15, -0.1) is 0 Å². The molecule has 0 spiro atoms. The summed E-state index contributed by atoms with van der Waals surface area (Å²) >= 11 is 5.25. The Bertz CT molecular complexity index is 1180. The summed E-state index contributed by atoms with van der Waals surface area (Å²) in [5.74, 6) is 1.53. The van der Waals surface area contributed by atoms with E-state index in [1.165, 1.54) is 18.4 Å². The minimum Gasteiger partial charge on any atom is -0.319 e. The number of fused-ring (bicyclic) bond motifs is 1. The van der Waals surface area contributed by atoms with Crippen molar-refractivity contribution >= 4 is 48.7 Å². The van der Waals surface area contributed by atoms with E-state index in [0.29, 0.717) is 23.9 Å². The second kappa shape index (κ2) is 8.30. The van der Waals surface area contributed by atoms with Crippen molar-refractivity contribution in [1.82, 2.24) is 13.9 Å². The van der Waals surface area contributed by atoms with Crippen molar-refractivity contribution in [2.45, 2.75) is 48.0 Å². The van der Waals surface area contributed by atoms with Gasteiger partial charge in [0.1, 0.15) is 0 Å². The molecule has 1 saturated carbocycles. The highest BCUT2D eigenvalue weighted by Gasteiger charge is 2.29. The lowest BCUT2D eigenvalue weighted by atomic mass is 10.2. The van der Waals surface area contributed by atoms with Crippen LogP contribution in [0.25, 0.3) is 11.0 Å². The van der Waals surface area contributed by atoms with Crippen LogP contribution in [0.15, 0.2) is 57.0 Å². The van der Waals surface area contributed by atoms with E-state index in [1.54, 1.807) is 28.2 Å². The molecular formula is C22H24BrN3O2S2. The van der Waals surface area contributed by atoms with Gasteiger partial charge in [0, 0.05) is 29.9 Å². The SMILES string of the molecule is O=S(=O)(c1ccc2c(c1)nc(SCc1cccc(Br)c1)n2CC1CC1)N1CCCC1. The van der Waals surface area contributed by atoms with Gasteiger partial charge in [-0.25, -0.2) is 13.4 Å². The van der Waals surface area contributed by atoms with Crippen molar-refractivity contribution in [3.05, 3.63) is 52.5 Å². The third-order valence-electron chi connectivity index (χ3n) is 5.78. The van der Waals surface area contributed by atoms with E-state index in [-0.39, 0.29) is 0 Å². The third-order valence-corrected chi connectivity index (χ3v) is 9.22. The van der Waals surface area contributed by atoms with Crippen molar-refractivity contribution in [2.75, 3.05) is 13.1 Å². The van der Waals surface area contributed by atoms with Crippen LogP contribution >= 0.6 is 27.7 Å². The fraction of sp³-hybridized carbons (Fsp3) is 0.409. The monoisotopic (exact) mass is 505 g/mol. The number of halogens is 1. The van der Waals surface area contributed by atoms with Gasteiger partial charge in [-0.3, -0.25) is 0 Å². The predicted molar refractivity (Wildman–Crippen MR) is 124 cm³/mol. The van der Waals surface area contributed by atoms with Gasteiger partial charge in [0.05, 0.1) is 15.9 Å². The highest BCUT2D eigenvalue weighted by Crippen LogP contribution is 2.36. The summed E-state index contributed by atoms with van der Waals surface area (Å²) in [4.78, 5) is 5.22. The largest absolute Gasteiger partial charge is 0.319 e. The van der Waals surface area contributed by atoms with Crippen LogP contribution in [0.3, 0.4) is 0 Å². The molecule has 5 rings (SSSR count). The first-order valence-corrected chi connectivity index (χ1v) is 13.6. The molecule has 1 saturated heterocycles. The van der Waals surface area contributed by atoms with Gasteiger partial charge in [-0.05, 0) is 67.5 Å². The van der Waals surface area contributed by atoms with E-state index in [4.69, 9.17) is 4.98 Å². The van der Waals surface area contributed by atoms with E-state index in [2.05, 4.69) is 32.6 Å². The lowest BCUT2D eigenvalue weighted by Crippen LogP contribution is -2.27. The van der Waals surface area contributed by atoms with E-state index in [9.17, 15) is 8.42 Å². The Morgan fingerprint density at radius 3 is 2.63 bits per heavy atom. The van der Waals surface area contributed by atoms with Crippen molar-refractivity contribution in [1.29, 1.82) is 0 Å². The van der Waals surface area contributed by atoms with Crippen molar-refractivity contribution < 1.29 is 8.42 Å². The maximum Gasteiger partial charge on any atom is 0.243 e. The summed E-state index contributed by atoms with van der Waals surface area (Å²) in [6, 6.07) is 13.8. The molecule has 0 atom stereocenters. The Morgan fingerprint density at radius 2 is 1.90 bits per heavy atom. The second-order valence-electron chi connectivity index (χ2n) is 8.13. The van der Waals surface area contributed by atoms with E-state index < -0.39 is 10.0 Å². The lowest BCUT2D eigenvalue weighted by molar-refractivity contribution is 0.477. The van der Waals surface area contributed by atoms with Gasteiger partial charge < -0.3 is 4.57 Å². The molecule has 2 fully saturated rings. The van der Waals surface area contributed by atoms with E-state index >= 15 is 0 Å². The molecule has 5 nitrogen and oxygen atoms in total. The van der Waals surface area contributed by atoms with Crippen LogP contribution < -0.4 is 0 Å². The van der Waals surface area contributed by atoms with Crippen molar-refractivity contribution in [3.63, 3.8) is 0 Å². The molecule has 0 unspecified atom stereocenters. The molecule has 1 aliphatic carbocycles. The molecule has 2 aromatic carbocycles. The molecule has 0 bridgehead atoms. The van der Waals surface area contributed by atoms with Gasteiger partial charge >= 0.3 is 0 Å². The minimum absolute atomic E-state index is 0.358. The van der Waals surface area contributed by atoms with Gasteiger partial charge in [-0.2, -0.15) is 4.31 Å². The number of hydrogen-bond acceptors (Lipinski definition) is 4. The average molecular weight is 506 g/mol. The summed E-state index contributed by atoms with van der Waals surface area (Å²) in [6.45, 7) is 2.18. The second-order valence-corrected chi connectivity index (χ2v) is 11.9. The van der Waals surface area contributed by atoms with Crippen LogP contribution in [0.5, 0.6) is 0 Å². The Labute approximate surface area is 190 Å². The molecule has 30 heavy (non-hydrogen) atoms. The molecule has 0 N–H and O–H groups in total. The minimum atomic E-state index is -3.43. The van der Waals surface area contributed by atoms with Crippen LogP contribution in [0.2, 0.25) is 0 Å². The quantitative estimate of drug-likeness (QED) is 0.409. The molecule has 1 aromatic heterocycles. The van der Waals surface area contributed by atoms with Crippen molar-refractivity contribution in [3.8, 4) is 0 Å². The fourth-order valence-electron chi connectivity index (χ4n) is 3.95. The molecule has 2 heterocycles. The van der Waals surface area contributed by atoms with E-state index in [1.807, 2.05) is 18.2 Å². The molecule has 3 aromatic rings. The van der Waals surface area contributed by atoms with Crippen LogP contribution in [-0.4, -0.2) is 35.4 Å². The fourth-order valence-corrected chi connectivity index (χ4v) is 6.90. The molecule has 1 aliphatic heterocycles. The first-order chi connectivity index (χ1) is 14.5. The van der Waals surface area contributed by atoms with E-state index in [0.717, 1.165) is 45.8 Å². The number of nitrogens with zero attached hydrogens (tertiary/aromatic N) is 3. The number of sulfonamides is 1. The molecule has 158 valence electrons.